The summed E-state index contributed by atoms with van der Waals surface area (Å²) in [6.07, 6.45) is 4.23. The van der Waals surface area contributed by atoms with Gasteiger partial charge in [0.15, 0.2) is 0 Å². The zero-order chi connectivity index (χ0) is 19.2. The SMILES string of the molecule is O=C(NCCc1nc(-c2ccncc2)cs1)c1cccc(-c2ccccc2)c1. The van der Waals surface area contributed by atoms with Gasteiger partial charge in [0.1, 0.15) is 0 Å². The molecule has 0 saturated carbocycles. The first-order chi connectivity index (χ1) is 13.8. The fourth-order valence-electron chi connectivity index (χ4n) is 2.94. The third kappa shape index (κ3) is 4.32. The van der Waals surface area contributed by atoms with Crippen LogP contribution in [0.4, 0.5) is 0 Å². The van der Waals surface area contributed by atoms with Crippen LogP contribution in [0.15, 0.2) is 84.5 Å². The number of hydrogen-bond donors (Lipinski definition) is 1. The molecule has 4 aromatic rings. The van der Waals surface area contributed by atoms with Gasteiger partial charge in [0, 0.05) is 41.9 Å². The van der Waals surface area contributed by atoms with E-state index >= 15 is 0 Å². The van der Waals surface area contributed by atoms with Crippen LogP contribution in [-0.4, -0.2) is 22.4 Å². The molecule has 0 spiro atoms. The second-order valence-corrected chi connectivity index (χ2v) is 7.26. The summed E-state index contributed by atoms with van der Waals surface area (Å²) in [5.74, 6) is -0.0660. The Morgan fingerprint density at radius 1 is 0.893 bits per heavy atom. The number of carbonyl (C=O) groups is 1. The highest BCUT2D eigenvalue weighted by molar-refractivity contribution is 7.09. The first kappa shape index (κ1) is 18.1. The molecule has 0 fully saturated rings. The number of aromatic nitrogens is 2. The number of benzene rings is 2. The highest BCUT2D eigenvalue weighted by Crippen LogP contribution is 2.22. The number of carbonyl (C=O) groups excluding carboxylic acids is 1. The number of hydrogen-bond acceptors (Lipinski definition) is 4. The van der Waals surface area contributed by atoms with Crippen molar-refractivity contribution in [1.82, 2.24) is 15.3 Å². The molecule has 2 heterocycles. The van der Waals surface area contributed by atoms with Crippen LogP contribution in [0, 0.1) is 0 Å². The average Bonchev–Trinajstić information content (AvgIpc) is 3.24. The second-order valence-electron chi connectivity index (χ2n) is 6.32. The van der Waals surface area contributed by atoms with Gasteiger partial charge < -0.3 is 5.32 Å². The van der Waals surface area contributed by atoms with E-state index in [4.69, 9.17) is 0 Å². The maximum atomic E-state index is 12.5. The van der Waals surface area contributed by atoms with Crippen LogP contribution in [0.25, 0.3) is 22.4 Å². The topological polar surface area (TPSA) is 54.9 Å². The molecular weight excluding hydrogens is 366 g/mol. The molecule has 5 heteroatoms. The molecule has 0 radical (unpaired) electrons. The lowest BCUT2D eigenvalue weighted by atomic mass is 10.0. The lowest BCUT2D eigenvalue weighted by molar-refractivity contribution is 0.0954. The summed E-state index contributed by atoms with van der Waals surface area (Å²) in [5.41, 5.74) is 4.81. The Balaban J connectivity index is 1.36. The van der Waals surface area contributed by atoms with Crippen molar-refractivity contribution in [2.24, 2.45) is 0 Å². The number of nitrogens with one attached hydrogen (secondary N) is 1. The zero-order valence-electron chi connectivity index (χ0n) is 15.2. The van der Waals surface area contributed by atoms with Gasteiger partial charge in [0.2, 0.25) is 0 Å². The minimum atomic E-state index is -0.0660. The van der Waals surface area contributed by atoms with E-state index in [1.165, 1.54) is 0 Å². The van der Waals surface area contributed by atoms with Crippen LogP contribution in [0.3, 0.4) is 0 Å². The van der Waals surface area contributed by atoms with Crippen molar-refractivity contribution in [3.8, 4) is 22.4 Å². The molecule has 4 nitrogen and oxygen atoms in total. The fourth-order valence-corrected chi connectivity index (χ4v) is 3.74. The molecule has 0 atom stereocenters. The first-order valence-corrected chi connectivity index (χ1v) is 9.96. The molecule has 1 N–H and O–H groups in total. The van der Waals surface area contributed by atoms with E-state index in [0.717, 1.165) is 27.4 Å². The summed E-state index contributed by atoms with van der Waals surface area (Å²) in [7, 11) is 0. The molecule has 138 valence electrons. The average molecular weight is 385 g/mol. The molecule has 28 heavy (non-hydrogen) atoms. The van der Waals surface area contributed by atoms with Gasteiger partial charge in [0.05, 0.1) is 10.7 Å². The van der Waals surface area contributed by atoms with Crippen LogP contribution in [-0.2, 0) is 6.42 Å². The van der Waals surface area contributed by atoms with Crippen LogP contribution < -0.4 is 5.32 Å². The molecule has 0 aliphatic heterocycles. The predicted octanol–water partition coefficient (Wildman–Crippen LogP) is 4.84. The van der Waals surface area contributed by atoms with Crippen LogP contribution in [0.1, 0.15) is 15.4 Å². The van der Waals surface area contributed by atoms with E-state index in [-0.39, 0.29) is 5.91 Å². The van der Waals surface area contributed by atoms with Crippen molar-refractivity contribution in [1.29, 1.82) is 0 Å². The number of pyridine rings is 1. The van der Waals surface area contributed by atoms with Gasteiger partial charge in [-0.1, -0.05) is 42.5 Å². The number of nitrogens with zero attached hydrogens (tertiary/aromatic N) is 2. The molecule has 1 amide bonds. The molecule has 0 aliphatic rings. The number of rotatable bonds is 6. The molecule has 0 unspecified atom stereocenters. The summed E-state index contributed by atoms with van der Waals surface area (Å²) >= 11 is 1.61. The molecule has 4 rings (SSSR count). The van der Waals surface area contributed by atoms with Crippen molar-refractivity contribution in [3.63, 3.8) is 0 Å². The molecule has 2 aromatic carbocycles. The minimum absolute atomic E-state index is 0.0660. The predicted molar refractivity (Wildman–Crippen MR) is 113 cm³/mol. The Kier molecular flexibility index (Phi) is 5.54. The van der Waals surface area contributed by atoms with Gasteiger partial charge in [-0.3, -0.25) is 9.78 Å². The first-order valence-electron chi connectivity index (χ1n) is 9.08. The van der Waals surface area contributed by atoms with E-state index in [1.807, 2.05) is 72.1 Å². The van der Waals surface area contributed by atoms with Crippen LogP contribution in [0.2, 0.25) is 0 Å². The second kappa shape index (κ2) is 8.59. The van der Waals surface area contributed by atoms with E-state index in [0.29, 0.717) is 18.5 Å². The maximum Gasteiger partial charge on any atom is 0.251 e. The van der Waals surface area contributed by atoms with Gasteiger partial charge in [-0.25, -0.2) is 4.98 Å². The van der Waals surface area contributed by atoms with Gasteiger partial charge in [0.25, 0.3) is 5.91 Å². The van der Waals surface area contributed by atoms with Gasteiger partial charge >= 0.3 is 0 Å². The van der Waals surface area contributed by atoms with E-state index in [2.05, 4.69) is 15.3 Å². The Bertz CT molecular complexity index is 1060. The fraction of sp³-hybridized carbons (Fsp3) is 0.0870. The highest BCUT2D eigenvalue weighted by atomic mass is 32.1. The Hall–Kier alpha value is -3.31. The van der Waals surface area contributed by atoms with Crippen molar-refractivity contribution < 1.29 is 4.79 Å². The monoisotopic (exact) mass is 385 g/mol. The van der Waals surface area contributed by atoms with Crippen LogP contribution in [0.5, 0.6) is 0 Å². The van der Waals surface area contributed by atoms with Gasteiger partial charge in [-0.05, 0) is 35.4 Å². The maximum absolute atomic E-state index is 12.5. The van der Waals surface area contributed by atoms with Crippen LogP contribution >= 0.6 is 11.3 Å². The van der Waals surface area contributed by atoms with Gasteiger partial charge in [-0.2, -0.15) is 0 Å². The third-order valence-corrected chi connectivity index (χ3v) is 5.29. The molecule has 0 bridgehead atoms. The molecule has 0 aliphatic carbocycles. The number of thiazole rings is 1. The van der Waals surface area contributed by atoms with E-state index in [1.54, 1.807) is 23.7 Å². The summed E-state index contributed by atoms with van der Waals surface area (Å²) < 4.78 is 0. The molecule has 0 saturated heterocycles. The standard InChI is InChI=1S/C23H19N3OS/c27-23(20-8-4-7-19(15-20)17-5-2-1-3-6-17)25-14-11-22-26-21(16-28-22)18-9-12-24-13-10-18/h1-10,12-13,15-16H,11,14H2,(H,25,27). The quantitative estimate of drug-likeness (QED) is 0.516. The Labute approximate surface area is 167 Å². The van der Waals surface area contributed by atoms with E-state index in [9.17, 15) is 4.79 Å². The zero-order valence-corrected chi connectivity index (χ0v) is 16.0. The lowest BCUT2D eigenvalue weighted by Gasteiger charge is -2.07. The summed E-state index contributed by atoms with van der Waals surface area (Å²) in [6.45, 7) is 0.553. The largest absolute Gasteiger partial charge is 0.352 e. The number of amides is 1. The Morgan fingerprint density at radius 2 is 1.68 bits per heavy atom. The van der Waals surface area contributed by atoms with Gasteiger partial charge in [-0.15, -0.1) is 11.3 Å². The van der Waals surface area contributed by atoms with Crippen molar-refractivity contribution in [2.75, 3.05) is 6.54 Å². The molecule has 2 aromatic heterocycles. The lowest BCUT2D eigenvalue weighted by Crippen LogP contribution is -2.25. The summed E-state index contributed by atoms with van der Waals surface area (Å²) in [4.78, 5) is 21.2. The molecular formula is C23H19N3OS. The van der Waals surface area contributed by atoms with Crippen molar-refractivity contribution in [3.05, 3.63) is 95.1 Å². The normalized spacial score (nSPS) is 10.6. The van der Waals surface area contributed by atoms with E-state index < -0.39 is 0 Å². The van der Waals surface area contributed by atoms with Crippen molar-refractivity contribution in [2.45, 2.75) is 6.42 Å². The highest BCUT2D eigenvalue weighted by Gasteiger charge is 2.08. The Morgan fingerprint density at radius 3 is 2.50 bits per heavy atom. The van der Waals surface area contributed by atoms with Crippen molar-refractivity contribution >= 4 is 17.2 Å². The summed E-state index contributed by atoms with van der Waals surface area (Å²) in [5, 5.41) is 6.04. The smallest absolute Gasteiger partial charge is 0.251 e. The third-order valence-electron chi connectivity index (χ3n) is 4.38. The summed E-state index contributed by atoms with van der Waals surface area (Å²) in [6, 6.07) is 21.6. The minimum Gasteiger partial charge on any atom is -0.352 e.